The van der Waals surface area contributed by atoms with Crippen molar-refractivity contribution in [1.82, 2.24) is 15.3 Å². The summed E-state index contributed by atoms with van der Waals surface area (Å²) in [7, 11) is 1.48. The molecule has 10 heteroatoms. The number of carboxylic acids is 1. The van der Waals surface area contributed by atoms with Crippen LogP contribution in [0.4, 0.5) is 0 Å². The van der Waals surface area contributed by atoms with Crippen molar-refractivity contribution in [2.45, 2.75) is 37.8 Å². The predicted molar refractivity (Wildman–Crippen MR) is 128 cm³/mol. The molecule has 0 radical (unpaired) electrons. The molecular weight excluding hydrogens is 466 g/mol. The number of hydrogen-bond acceptors (Lipinski definition) is 8. The summed E-state index contributed by atoms with van der Waals surface area (Å²) < 4.78 is 16.5. The molecule has 2 saturated carbocycles. The molecule has 36 heavy (non-hydrogen) atoms. The summed E-state index contributed by atoms with van der Waals surface area (Å²) in [6.45, 7) is 5.57. The van der Waals surface area contributed by atoms with Gasteiger partial charge in [0.2, 0.25) is 17.7 Å². The number of carbonyl (C=O) groups excluding carboxylic acids is 2. The topological polar surface area (TPSA) is 137 Å². The van der Waals surface area contributed by atoms with E-state index in [0.29, 0.717) is 18.1 Å². The Morgan fingerprint density at radius 1 is 1.17 bits per heavy atom. The second-order valence-electron chi connectivity index (χ2n) is 8.93. The number of aliphatic carboxylic acids is 1. The Morgan fingerprint density at radius 2 is 1.86 bits per heavy atom. The van der Waals surface area contributed by atoms with Crippen molar-refractivity contribution in [3.8, 4) is 23.1 Å². The van der Waals surface area contributed by atoms with E-state index in [1.54, 1.807) is 13.0 Å². The van der Waals surface area contributed by atoms with E-state index >= 15 is 0 Å². The number of carboxylic acid groups (broad SMARTS) is 1. The molecule has 2 aliphatic carbocycles. The number of amides is 1. The van der Waals surface area contributed by atoms with Crippen LogP contribution in [0.5, 0.6) is 11.8 Å². The van der Waals surface area contributed by atoms with Crippen LogP contribution in [0.2, 0.25) is 0 Å². The van der Waals surface area contributed by atoms with Crippen LogP contribution in [0.3, 0.4) is 0 Å². The minimum absolute atomic E-state index is 0.109. The van der Waals surface area contributed by atoms with Gasteiger partial charge >= 0.3 is 11.9 Å². The van der Waals surface area contributed by atoms with Crippen LogP contribution in [-0.4, -0.2) is 58.3 Å². The molecule has 0 spiro atoms. The maximum Gasteiger partial charge on any atom is 0.332 e. The van der Waals surface area contributed by atoms with Gasteiger partial charge < -0.3 is 24.6 Å². The van der Waals surface area contributed by atoms with Crippen molar-refractivity contribution in [1.29, 1.82) is 0 Å². The Hall–Kier alpha value is -3.95. The lowest BCUT2D eigenvalue weighted by Crippen LogP contribution is -2.49. The van der Waals surface area contributed by atoms with E-state index in [2.05, 4.69) is 21.9 Å². The van der Waals surface area contributed by atoms with E-state index in [4.69, 9.17) is 14.2 Å². The zero-order chi connectivity index (χ0) is 25.9. The molecule has 5 unspecified atom stereocenters. The van der Waals surface area contributed by atoms with Crippen molar-refractivity contribution < 1.29 is 33.7 Å². The fourth-order valence-electron chi connectivity index (χ4n) is 4.68. The molecule has 2 aromatic rings. The number of nitrogens with one attached hydrogen (secondary N) is 1. The summed E-state index contributed by atoms with van der Waals surface area (Å²) >= 11 is 0. The first-order valence-electron chi connectivity index (χ1n) is 11.8. The number of aromatic nitrogens is 2. The molecule has 0 saturated heterocycles. The quantitative estimate of drug-likeness (QED) is 0.376. The van der Waals surface area contributed by atoms with Crippen LogP contribution in [-0.2, 0) is 19.1 Å². The van der Waals surface area contributed by atoms with Crippen LogP contribution in [0.1, 0.15) is 26.2 Å². The number of hydrogen-bond donors (Lipinski definition) is 2. The lowest BCUT2D eigenvalue weighted by molar-refractivity contribution is -0.150. The normalized spacial score (nSPS) is 26.5. The number of carbonyl (C=O) groups is 3. The van der Waals surface area contributed by atoms with Crippen LogP contribution in [0, 0.1) is 17.8 Å². The summed E-state index contributed by atoms with van der Waals surface area (Å²) in [5.74, 6) is -3.38. The molecule has 190 valence electrons. The molecule has 5 atom stereocenters. The molecule has 0 bridgehead atoms. The molecule has 2 aliphatic rings. The molecule has 4 rings (SSSR count). The molecule has 1 heterocycles. The second kappa shape index (κ2) is 10.3. The summed E-state index contributed by atoms with van der Waals surface area (Å²) in [6, 6.07) is 10.8. The van der Waals surface area contributed by atoms with Crippen molar-refractivity contribution >= 4 is 17.8 Å². The maximum absolute atomic E-state index is 13.2. The van der Waals surface area contributed by atoms with Crippen molar-refractivity contribution in [2.75, 3.05) is 13.7 Å². The Bertz CT molecular complexity index is 1160. The molecule has 1 amide bonds. The van der Waals surface area contributed by atoms with Crippen LogP contribution in [0.15, 0.2) is 49.1 Å². The summed E-state index contributed by atoms with van der Waals surface area (Å²) in [5.41, 5.74) is -0.430. The molecule has 0 aliphatic heterocycles. The van der Waals surface area contributed by atoms with E-state index in [9.17, 15) is 19.5 Å². The predicted octanol–water partition coefficient (Wildman–Crippen LogP) is 2.63. The fraction of sp³-hybridized carbons (Fsp3) is 0.423. The highest BCUT2D eigenvalue weighted by Crippen LogP contribution is 2.46. The summed E-state index contributed by atoms with van der Waals surface area (Å²) in [4.78, 5) is 46.5. The Kier molecular flexibility index (Phi) is 7.23. The third kappa shape index (κ3) is 5.02. The van der Waals surface area contributed by atoms with E-state index in [1.165, 1.54) is 13.2 Å². The number of esters is 1. The Balaban J connectivity index is 1.51. The van der Waals surface area contributed by atoms with Gasteiger partial charge in [-0.25, -0.2) is 4.79 Å². The molecule has 2 N–H and O–H groups in total. The fourth-order valence-corrected chi connectivity index (χ4v) is 4.68. The first-order valence-corrected chi connectivity index (χ1v) is 11.8. The molecule has 1 aromatic carbocycles. The first-order chi connectivity index (χ1) is 17.3. The first kappa shape index (κ1) is 25.2. The lowest BCUT2D eigenvalue weighted by atomic mass is 9.94. The van der Waals surface area contributed by atoms with Gasteiger partial charge in [-0.05, 0) is 26.2 Å². The number of methoxy groups -OCH3 is 1. The van der Waals surface area contributed by atoms with Gasteiger partial charge in [0, 0.05) is 11.5 Å². The molecule has 10 nitrogen and oxygen atoms in total. The van der Waals surface area contributed by atoms with Gasteiger partial charge in [-0.15, -0.1) is 6.58 Å². The largest absolute Gasteiger partial charge is 0.481 e. The van der Waals surface area contributed by atoms with Crippen LogP contribution in [0.25, 0.3) is 11.4 Å². The third-order valence-corrected chi connectivity index (χ3v) is 6.67. The standard InChI is InChI=1S/C26H29N3O7/c1-4-16-14-26(16,25(33)35-5-2)29-23(30)18-11-17(12-19(18)24(31)32)36-21-13-20(34-3)27-22(28-21)15-9-7-6-8-10-15/h4,6-10,13,16-19H,1,5,11-12,14H2,2-3H3,(H,29,30)(H,31,32). The highest BCUT2D eigenvalue weighted by atomic mass is 16.5. The van der Waals surface area contributed by atoms with Gasteiger partial charge in [-0.3, -0.25) is 9.59 Å². The number of rotatable bonds is 10. The molecule has 2 fully saturated rings. The highest BCUT2D eigenvalue weighted by molar-refractivity contribution is 5.94. The van der Waals surface area contributed by atoms with Gasteiger partial charge in [0.25, 0.3) is 0 Å². The average Bonchev–Trinajstić information content (AvgIpc) is 3.43. The van der Waals surface area contributed by atoms with E-state index in [1.807, 2.05) is 30.3 Å². The SMILES string of the molecule is C=CC1CC1(NC(=O)C1CC(Oc2cc(OC)nc(-c3ccccc3)n2)CC1C(=O)O)C(=O)OCC. The third-order valence-electron chi connectivity index (χ3n) is 6.67. The second-order valence-corrected chi connectivity index (χ2v) is 8.93. The zero-order valence-electron chi connectivity index (χ0n) is 20.2. The number of ether oxygens (including phenoxy) is 3. The van der Waals surface area contributed by atoms with Gasteiger partial charge in [-0.1, -0.05) is 36.4 Å². The van der Waals surface area contributed by atoms with Crippen molar-refractivity contribution in [3.05, 3.63) is 49.1 Å². The van der Waals surface area contributed by atoms with Crippen LogP contribution < -0.4 is 14.8 Å². The van der Waals surface area contributed by atoms with Gasteiger partial charge in [0.15, 0.2) is 5.82 Å². The average molecular weight is 496 g/mol. The number of benzene rings is 1. The van der Waals surface area contributed by atoms with E-state index in [0.717, 1.165) is 5.56 Å². The monoisotopic (exact) mass is 495 g/mol. The molecule has 1 aromatic heterocycles. The Labute approximate surface area is 208 Å². The van der Waals surface area contributed by atoms with E-state index in [-0.39, 0.29) is 31.2 Å². The van der Waals surface area contributed by atoms with Gasteiger partial charge in [-0.2, -0.15) is 9.97 Å². The number of nitrogens with zero attached hydrogens (tertiary/aromatic N) is 2. The highest BCUT2D eigenvalue weighted by Gasteiger charge is 2.62. The van der Waals surface area contributed by atoms with Crippen LogP contribution >= 0.6 is 0 Å². The van der Waals surface area contributed by atoms with Gasteiger partial charge in [0.1, 0.15) is 11.6 Å². The van der Waals surface area contributed by atoms with E-state index < -0.39 is 41.3 Å². The maximum atomic E-state index is 13.2. The minimum Gasteiger partial charge on any atom is -0.481 e. The van der Waals surface area contributed by atoms with Crippen molar-refractivity contribution in [3.63, 3.8) is 0 Å². The lowest BCUT2D eigenvalue weighted by Gasteiger charge is -2.21. The smallest absolute Gasteiger partial charge is 0.332 e. The molecular formula is C26H29N3O7. The van der Waals surface area contributed by atoms with Crippen molar-refractivity contribution in [2.24, 2.45) is 17.8 Å². The zero-order valence-corrected chi connectivity index (χ0v) is 20.2. The van der Waals surface area contributed by atoms with Gasteiger partial charge in [0.05, 0.1) is 31.6 Å². The summed E-state index contributed by atoms with van der Waals surface area (Å²) in [6.07, 6.45) is 1.64. The minimum atomic E-state index is -1.19. The summed E-state index contributed by atoms with van der Waals surface area (Å²) in [5, 5.41) is 12.6. The Morgan fingerprint density at radius 3 is 2.47 bits per heavy atom.